The third kappa shape index (κ3) is 7.20. The number of rotatable bonds is 8. The summed E-state index contributed by atoms with van der Waals surface area (Å²) in [6, 6.07) is 0.000687. The molecule has 0 radical (unpaired) electrons. The van der Waals surface area contributed by atoms with Gasteiger partial charge in [-0.05, 0) is 56.3 Å². The zero-order valence-corrected chi connectivity index (χ0v) is 19.3. The van der Waals surface area contributed by atoms with Crippen molar-refractivity contribution >= 4 is 0 Å². The maximum absolute atomic E-state index is 14.7. The van der Waals surface area contributed by atoms with E-state index in [-0.39, 0.29) is 25.0 Å². The summed E-state index contributed by atoms with van der Waals surface area (Å²) in [7, 11) is 0. The molecule has 0 atom stereocenters. The molecule has 0 N–H and O–H groups in total. The van der Waals surface area contributed by atoms with Crippen LogP contribution in [0.5, 0.6) is 5.75 Å². The molecule has 35 heavy (non-hydrogen) atoms. The van der Waals surface area contributed by atoms with Crippen LogP contribution in [0.2, 0.25) is 0 Å². The first kappa shape index (κ1) is 27.9. The molecule has 1 aromatic rings. The number of ether oxygens (including phenoxy) is 2. The van der Waals surface area contributed by atoms with Crippen LogP contribution in [0, 0.1) is 35.3 Å². The highest BCUT2D eigenvalue weighted by atomic mass is 19.4. The van der Waals surface area contributed by atoms with Crippen LogP contribution in [-0.4, -0.2) is 12.5 Å². The van der Waals surface area contributed by atoms with E-state index in [1.165, 1.54) is 6.42 Å². The first-order chi connectivity index (χ1) is 16.2. The van der Waals surface area contributed by atoms with Gasteiger partial charge in [0.05, 0.1) is 5.92 Å². The lowest BCUT2D eigenvalue weighted by Gasteiger charge is -2.39. The van der Waals surface area contributed by atoms with Crippen LogP contribution in [0.15, 0.2) is 12.1 Å². The fourth-order valence-electron chi connectivity index (χ4n) is 5.61. The van der Waals surface area contributed by atoms with Crippen LogP contribution in [0.1, 0.15) is 76.7 Å². The van der Waals surface area contributed by atoms with Crippen molar-refractivity contribution in [3.05, 3.63) is 29.3 Å². The van der Waals surface area contributed by atoms with Crippen LogP contribution in [0.4, 0.5) is 39.5 Å². The first-order valence-corrected chi connectivity index (χ1v) is 11.9. The summed E-state index contributed by atoms with van der Waals surface area (Å²) in [6.07, 6.45) is -6.91. The lowest BCUT2D eigenvalue weighted by Crippen LogP contribution is -2.38. The summed E-state index contributed by atoms with van der Waals surface area (Å²) >= 11 is 0. The smallest absolute Gasteiger partial charge is 0.432 e. The summed E-state index contributed by atoms with van der Waals surface area (Å²) < 4.78 is 128. The molecule has 0 aromatic heterocycles. The van der Waals surface area contributed by atoms with E-state index in [2.05, 4.69) is 16.4 Å². The van der Waals surface area contributed by atoms with Crippen LogP contribution in [0.3, 0.4) is 0 Å². The molecule has 3 rings (SSSR count). The molecule has 0 unspecified atom stereocenters. The van der Waals surface area contributed by atoms with Crippen molar-refractivity contribution in [1.82, 2.24) is 0 Å². The minimum atomic E-state index is -5.89. The Hall–Kier alpha value is -1.65. The van der Waals surface area contributed by atoms with E-state index >= 15 is 0 Å². The molecular formula is C24H29F9O2. The standard InChI is InChI=1S/C24H29F9O2/c1-2-3-14-4-6-15(7-5-14)16-8-10-17(11-9-16)22(27,28)34-18-12-19(25)21(20(26)13-18)23(29,30)35-24(31,32)33/h12-17H,2-11H2,1H3. The van der Waals surface area contributed by atoms with Gasteiger partial charge in [0.2, 0.25) is 0 Å². The normalized spacial score (nSPS) is 26.6. The Bertz CT molecular complexity index is 817. The highest BCUT2D eigenvalue weighted by Gasteiger charge is 2.50. The van der Waals surface area contributed by atoms with Gasteiger partial charge < -0.3 is 4.74 Å². The van der Waals surface area contributed by atoms with Gasteiger partial charge in [-0.2, -0.15) is 17.6 Å². The fourth-order valence-corrected chi connectivity index (χ4v) is 5.61. The molecule has 2 aliphatic rings. The predicted octanol–water partition coefficient (Wildman–Crippen LogP) is 8.94. The summed E-state index contributed by atoms with van der Waals surface area (Å²) in [5.74, 6) is -5.19. The molecule has 0 spiro atoms. The quantitative estimate of drug-likeness (QED) is 0.319. The van der Waals surface area contributed by atoms with Crippen LogP contribution in [-0.2, 0) is 10.8 Å². The van der Waals surface area contributed by atoms with Crippen LogP contribution < -0.4 is 4.74 Å². The lowest BCUT2D eigenvalue weighted by molar-refractivity contribution is -0.432. The summed E-state index contributed by atoms with van der Waals surface area (Å²) in [6.45, 7) is 2.16. The van der Waals surface area contributed by atoms with E-state index in [4.69, 9.17) is 0 Å². The van der Waals surface area contributed by atoms with Crippen molar-refractivity contribution in [3.8, 4) is 5.75 Å². The molecule has 11 heteroatoms. The van der Waals surface area contributed by atoms with Crippen LogP contribution in [0.25, 0.3) is 0 Å². The number of halogens is 9. The van der Waals surface area contributed by atoms with Gasteiger partial charge in [0.1, 0.15) is 22.9 Å². The van der Waals surface area contributed by atoms with Gasteiger partial charge in [0.15, 0.2) is 0 Å². The minimum absolute atomic E-state index is 0.000344. The Kier molecular flexibility index (Phi) is 8.59. The molecule has 0 heterocycles. The third-order valence-corrected chi connectivity index (χ3v) is 7.31. The van der Waals surface area contributed by atoms with Gasteiger partial charge >= 0.3 is 18.6 Å². The fraction of sp³-hybridized carbons (Fsp3) is 0.750. The second-order valence-electron chi connectivity index (χ2n) is 9.67. The van der Waals surface area contributed by atoms with E-state index in [0.717, 1.165) is 38.0 Å². The zero-order valence-electron chi connectivity index (χ0n) is 19.3. The number of alkyl halides is 7. The van der Waals surface area contributed by atoms with Crippen molar-refractivity contribution in [2.45, 2.75) is 89.7 Å². The summed E-state index contributed by atoms with van der Waals surface area (Å²) in [4.78, 5) is 0. The SMILES string of the molecule is CCCC1CCC(C2CCC(C(F)(F)Oc3cc(F)c(C(F)(F)OC(F)(F)F)c(F)c3)CC2)CC1. The van der Waals surface area contributed by atoms with E-state index in [0.29, 0.717) is 24.7 Å². The lowest BCUT2D eigenvalue weighted by atomic mass is 9.68. The maximum Gasteiger partial charge on any atom is 0.527 e. The van der Waals surface area contributed by atoms with E-state index < -0.39 is 47.4 Å². The average Bonchev–Trinajstić information content (AvgIpc) is 2.72. The Morgan fingerprint density at radius 3 is 1.71 bits per heavy atom. The average molecular weight is 520 g/mol. The molecule has 200 valence electrons. The Morgan fingerprint density at radius 1 is 0.771 bits per heavy atom. The molecule has 0 saturated heterocycles. The molecule has 0 amide bonds. The molecule has 2 nitrogen and oxygen atoms in total. The monoisotopic (exact) mass is 520 g/mol. The topological polar surface area (TPSA) is 18.5 Å². The Morgan fingerprint density at radius 2 is 1.26 bits per heavy atom. The number of benzene rings is 1. The highest BCUT2D eigenvalue weighted by molar-refractivity contribution is 5.32. The number of hydrogen-bond donors (Lipinski definition) is 0. The van der Waals surface area contributed by atoms with Gasteiger partial charge in [-0.15, -0.1) is 13.2 Å². The van der Waals surface area contributed by atoms with Crippen molar-refractivity contribution in [2.75, 3.05) is 0 Å². The van der Waals surface area contributed by atoms with Gasteiger partial charge in [-0.3, -0.25) is 0 Å². The van der Waals surface area contributed by atoms with Gasteiger partial charge in [0, 0.05) is 12.1 Å². The van der Waals surface area contributed by atoms with E-state index in [1.807, 2.05) is 0 Å². The second-order valence-corrected chi connectivity index (χ2v) is 9.67. The third-order valence-electron chi connectivity index (χ3n) is 7.31. The maximum atomic E-state index is 14.7. The molecule has 2 fully saturated rings. The molecule has 1 aromatic carbocycles. The Balaban J connectivity index is 1.60. The van der Waals surface area contributed by atoms with Gasteiger partial charge in [0.25, 0.3) is 0 Å². The predicted molar refractivity (Wildman–Crippen MR) is 109 cm³/mol. The Labute approximate surface area is 198 Å². The van der Waals surface area contributed by atoms with Crippen molar-refractivity contribution in [1.29, 1.82) is 0 Å². The zero-order chi connectivity index (χ0) is 26.0. The van der Waals surface area contributed by atoms with E-state index in [1.54, 1.807) is 0 Å². The highest BCUT2D eigenvalue weighted by Crippen LogP contribution is 2.46. The summed E-state index contributed by atoms with van der Waals surface area (Å²) in [5, 5.41) is 0. The molecular weight excluding hydrogens is 491 g/mol. The molecule has 0 bridgehead atoms. The molecule has 0 aliphatic heterocycles. The van der Waals surface area contributed by atoms with Gasteiger partial charge in [-0.1, -0.05) is 32.6 Å². The van der Waals surface area contributed by atoms with Gasteiger partial charge in [-0.25, -0.2) is 13.5 Å². The van der Waals surface area contributed by atoms with Crippen molar-refractivity contribution in [3.63, 3.8) is 0 Å². The van der Waals surface area contributed by atoms with Crippen molar-refractivity contribution < 1.29 is 49.0 Å². The number of hydrogen-bond acceptors (Lipinski definition) is 2. The van der Waals surface area contributed by atoms with Crippen molar-refractivity contribution in [2.24, 2.45) is 23.7 Å². The largest absolute Gasteiger partial charge is 0.527 e. The first-order valence-electron chi connectivity index (χ1n) is 11.9. The molecule has 2 saturated carbocycles. The minimum Gasteiger partial charge on any atom is -0.432 e. The van der Waals surface area contributed by atoms with E-state index in [9.17, 15) is 39.5 Å². The summed E-state index contributed by atoms with van der Waals surface area (Å²) in [5.41, 5.74) is -2.35. The second kappa shape index (κ2) is 10.8. The van der Waals surface area contributed by atoms with Crippen LogP contribution >= 0.6 is 0 Å². The molecule has 2 aliphatic carbocycles.